The molecule has 0 aliphatic carbocycles. The summed E-state index contributed by atoms with van der Waals surface area (Å²) in [4.78, 5) is 0. The van der Waals surface area contributed by atoms with E-state index in [-0.39, 0.29) is 0 Å². The van der Waals surface area contributed by atoms with Gasteiger partial charge >= 0.3 is 0 Å². The third-order valence-electron chi connectivity index (χ3n) is 2.26. The van der Waals surface area contributed by atoms with Crippen molar-refractivity contribution in [3.8, 4) is 0 Å². The maximum Gasteiger partial charge on any atom is 0.0434 e. The fourth-order valence-electron chi connectivity index (χ4n) is 1.52. The highest BCUT2D eigenvalue weighted by atomic mass is 16.3. The summed E-state index contributed by atoms with van der Waals surface area (Å²) < 4.78 is 0. The van der Waals surface area contributed by atoms with Gasteiger partial charge in [0.1, 0.15) is 0 Å². The van der Waals surface area contributed by atoms with Gasteiger partial charge in [0, 0.05) is 12.6 Å². The molecule has 0 rings (SSSR count). The number of hydrogen-bond acceptors (Lipinski definition) is 2. The van der Waals surface area contributed by atoms with Crippen molar-refractivity contribution in [3.05, 3.63) is 0 Å². The van der Waals surface area contributed by atoms with Crippen LogP contribution in [0.3, 0.4) is 0 Å². The summed E-state index contributed by atoms with van der Waals surface area (Å²) >= 11 is 0. The lowest BCUT2D eigenvalue weighted by Gasteiger charge is -2.18. The van der Waals surface area contributed by atoms with Crippen molar-refractivity contribution in [3.63, 3.8) is 0 Å². The zero-order chi connectivity index (χ0) is 10.3. The second-order valence-corrected chi connectivity index (χ2v) is 4.56. The molecular formula is C11H25NO. The van der Waals surface area contributed by atoms with Gasteiger partial charge < -0.3 is 10.4 Å². The minimum Gasteiger partial charge on any atom is -0.396 e. The third kappa shape index (κ3) is 8.26. The number of rotatable bonds is 7. The van der Waals surface area contributed by atoms with Crippen LogP contribution in [-0.4, -0.2) is 24.3 Å². The molecule has 0 heterocycles. The smallest absolute Gasteiger partial charge is 0.0434 e. The molecule has 80 valence electrons. The maximum atomic E-state index is 8.72. The first-order valence-electron chi connectivity index (χ1n) is 5.40. The van der Waals surface area contributed by atoms with Crippen LogP contribution in [0.15, 0.2) is 0 Å². The number of hydrogen-bond donors (Lipinski definition) is 2. The van der Waals surface area contributed by atoms with Crippen LogP contribution in [0.5, 0.6) is 0 Å². The number of nitrogens with one attached hydrogen (secondary N) is 1. The Kier molecular flexibility index (Phi) is 7.29. The summed E-state index contributed by atoms with van der Waals surface area (Å²) in [6.07, 6.45) is 2.13. The first-order valence-corrected chi connectivity index (χ1v) is 5.40. The number of aliphatic hydroxyl groups is 1. The van der Waals surface area contributed by atoms with Gasteiger partial charge in [-0.3, -0.25) is 0 Å². The average Bonchev–Trinajstić information content (AvgIpc) is 2.00. The molecule has 0 fully saturated rings. The Labute approximate surface area is 82.7 Å². The summed E-state index contributed by atoms with van der Waals surface area (Å²) in [6.45, 7) is 10.2. The van der Waals surface area contributed by atoms with Gasteiger partial charge in [-0.05, 0) is 38.1 Å². The van der Waals surface area contributed by atoms with E-state index in [1.54, 1.807) is 0 Å². The normalized spacial score (nSPS) is 16.2. The molecule has 0 aliphatic rings. The van der Waals surface area contributed by atoms with E-state index in [1.807, 2.05) is 0 Å². The van der Waals surface area contributed by atoms with E-state index >= 15 is 0 Å². The Bertz CT molecular complexity index is 115. The van der Waals surface area contributed by atoms with E-state index in [1.165, 1.54) is 6.42 Å². The molecule has 2 heteroatoms. The van der Waals surface area contributed by atoms with Crippen LogP contribution in [0.2, 0.25) is 0 Å². The van der Waals surface area contributed by atoms with Crippen LogP contribution in [0.1, 0.15) is 40.5 Å². The Morgan fingerprint density at radius 1 is 1.15 bits per heavy atom. The quantitative estimate of drug-likeness (QED) is 0.639. The lowest BCUT2D eigenvalue weighted by Crippen LogP contribution is -2.31. The Balaban J connectivity index is 3.40. The summed E-state index contributed by atoms with van der Waals surface area (Å²) in [7, 11) is 0. The zero-order valence-electron chi connectivity index (χ0n) is 9.51. The summed E-state index contributed by atoms with van der Waals surface area (Å²) in [5, 5.41) is 12.2. The zero-order valence-corrected chi connectivity index (χ0v) is 9.51. The maximum absolute atomic E-state index is 8.72. The molecule has 0 amide bonds. The standard InChI is InChI=1S/C11H25NO/c1-9(2)7-11(4)12-8-10(3)5-6-13/h9-13H,5-8H2,1-4H3. The third-order valence-corrected chi connectivity index (χ3v) is 2.26. The molecule has 0 saturated carbocycles. The minimum absolute atomic E-state index is 0.307. The molecule has 2 unspecified atom stereocenters. The van der Waals surface area contributed by atoms with Crippen molar-refractivity contribution in [1.29, 1.82) is 0 Å². The summed E-state index contributed by atoms with van der Waals surface area (Å²) in [5.41, 5.74) is 0. The minimum atomic E-state index is 0.307. The van der Waals surface area contributed by atoms with Crippen LogP contribution in [0.25, 0.3) is 0 Å². The first-order chi connectivity index (χ1) is 6.06. The van der Waals surface area contributed by atoms with Gasteiger partial charge in [0.15, 0.2) is 0 Å². The van der Waals surface area contributed by atoms with Gasteiger partial charge in [0.2, 0.25) is 0 Å². The van der Waals surface area contributed by atoms with E-state index in [9.17, 15) is 0 Å². The lowest BCUT2D eigenvalue weighted by atomic mass is 10.0. The Hall–Kier alpha value is -0.0800. The largest absolute Gasteiger partial charge is 0.396 e. The fraction of sp³-hybridized carbons (Fsp3) is 1.00. The Morgan fingerprint density at radius 2 is 1.77 bits per heavy atom. The Morgan fingerprint density at radius 3 is 2.23 bits per heavy atom. The molecule has 0 radical (unpaired) electrons. The molecule has 2 nitrogen and oxygen atoms in total. The predicted molar refractivity (Wildman–Crippen MR) is 57.8 cm³/mol. The lowest BCUT2D eigenvalue weighted by molar-refractivity contribution is 0.256. The average molecular weight is 187 g/mol. The highest BCUT2D eigenvalue weighted by Gasteiger charge is 2.06. The van der Waals surface area contributed by atoms with Crippen molar-refractivity contribution < 1.29 is 5.11 Å². The molecule has 13 heavy (non-hydrogen) atoms. The van der Waals surface area contributed by atoms with E-state index < -0.39 is 0 Å². The van der Waals surface area contributed by atoms with Crippen molar-refractivity contribution in [1.82, 2.24) is 5.32 Å². The second-order valence-electron chi connectivity index (χ2n) is 4.56. The predicted octanol–water partition coefficient (Wildman–Crippen LogP) is 2.03. The number of aliphatic hydroxyl groups excluding tert-OH is 1. The van der Waals surface area contributed by atoms with Crippen LogP contribution in [0, 0.1) is 11.8 Å². The van der Waals surface area contributed by atoms with Gasteiger partial charge in [0.25, 0.3) is 0 Å². The van der Waals surface area contributed by atoms with Gasteiger partial charge in [0.05, 0.1) is 0 Å². The molecule has 0 aromatic heterocycles. The molecule has 0 spiro atoms. The van der Waals surface area contributed by atoms with E-state index in [0.29, 0.717) is 18.6 Å². The van der Waals surface area contributed by atoms with Gasteiger partial charge in [-0.2, -0.15) is 0 Å². The van der Waals surface area contributed by atoms with E-state index in [4.69, 9.17) is 5.11 Å². The fourth-order valence-corrected chi connectivity index (χ4v) is 1.52. The topological polar surface area (TPSA) is 32.3 Å². The summed E-state index contributed by atoms with van der Waals surface area (Å²) in [6, 6.07) is 0.598. The molecule has 0 aromatic carbocycles. The van der Waals surface area contributed by atoms with Crippen molar-refractivity contribution in [2.75, 3.05) is 13.2 Å². The summed E-state index contributed by atoms with van der Waals surface area (Å²) in [5.74, 6) is 1.34. The van der Waals surface area contributed by atoms with Crippen LogP contribution < -0.4 is 5.32 Å². The second kappa shape index (κ2) is 7.34. The molecule has 0 bridgehead atoms. The molecule has 0 saturated heterocycles. The van der Waals surface area contributed by atoms with Gasteiger partial charge in [-0.1, -0.05) is 20.8 Å². The molecule has 0 aromatic rings. The van der Waals surface area contributed by atoms with Crippen molar-refractivity contribution in [2.45, 2.75) is 46.6 Å². The van der Waals surface area contributed by atoms with Crippen LogP contribution in [-0.2, 0) is 0 Å². The van der Waals surface area contributed by atoms with Crippen molar-refractivity contribution in [2.24, 2.45) is 11.8 Å². The highest BCUT2D eigenvalue weighted by molar-refractivity contribution is 4.65. The SMILES string of the molecule is CC(C)CC(C)NCC(C)CCO. The molecule has 0 aliphatic heterocycles. The van der Waals surface area contributed by atoms with Crippen LogP contribution in [0.4, 0.5) is 0 Å². The van der Waals surface area contributed by atoms with Gasteiger partial charge in [-0.25, -0.2) is 0 Å². The van der Waals surface area contributed by atoms with Gasteiger partial charge in [-0.15, -0.1) is 0 Å². The molecule has 2 N–H and O–H groups in total. The van der Waals surface area contributed by atoms with E-state index in [2.05, 4.69) is 33.0 Å². The highest BCUT2D eigenvalue weighted by Crippen LogP contribution is 2.05. The molecule has 2 atom stereocenters. The van der Waals surface area contributed by atoms with Crippen molar-refractivity contribution >= 4 is 0 Å². The first kappa shape index (κ1) is 12.9. The van der Waals surface area contributed by atoms with Crippen LogP contribution >= 0.6 is 0 Å². The molecular weight excluding hydrogens is 162 g/mol. The van der Waals surface area contributed by atoms with E-state index in [0.717, 1.165) is 18.9 Å². The monoisotopic (exact) mass is 187 g/mol.